The van der Waals surface area contributed by atoms with E-state index in [1.807, 2.05) is 0 Å². The lowest BCUT2D eigenvalue weighted by Crippen LogP contribution is -2.41. The molecule has 0 aromatic heterocycles. The van der Waals surface area contributed by atoms with Crippen molar-refractivity contribution in [2.24, 2.45) is 0 Å². The van der Waals surface area contributed by atoms with Crippen LogP contribution in [0.2, 0.25) is 0 Å². The Labute approximate surface area is 107 Å². The van der Waals surface area contributed by atoms with Gasteiger partial charge in [0.25, 0.3) is 0 Å². The first-order valence-corrected chi connectivity index (χ1v) is 7.77. The van der Waals surface area contributed by atoms with Gasteiger partial charge in [-0.05, 0) is 19.3 Å². The summed E-state index contributed by atoms with van der Waals surface area (Å²) in [6, 6.07) is 0. The molecule has 0 aromatic carbocycles. The molecule has 2 aliphatic rings. The van der Waals surface area contributed by atoms with Crippen molar-refractivity contribution in [3.05, 3.63) is 0 Å². The monoisotopic (exact) mass is 237 g/mol. The van der Waals surface area contributed by atoms with Crippen LogP contribution in [0.5, 0.6) is 0 Å². The third-order valence-corrected chi connectivity index (χ3v) is 4.20. The van der Waals surface area contributed by atoms with Crippen molar-refractivity contribution in [3.63, 3.8) is 0 Å². The molecular weight excluding hydrogens is 208 g/mol. The molecule has 17 heavy (non-hydrogen) atoms. The van der Waals surface area contributed by atoms with Crippen molar-refractivity contribution >= 4 is 5.84 Å². The third kappa shape index (κ3) is 3.72. The Morgan fingerprint density at radius 3 is 2.65 bits per heavy atom. The summed E-state index contributed by atoms with van der Waals surface area (Å²) in [7, 11) is 0. The van der Waals surface area contributed by atoms with Gasteiger partial charge >= 0.3 is 0 Å². The van der Waals surface area contributed by atoms with Crippen LogP contribution in [0.1, 0.15) is 64.7 Å². The highest BCUT2D eigenvalue weighted by Crippen LogP contribution is 2.15. The normalized spacial score (nSPS) is 19.9. The maximum atomic E-state index is 2.68. The van der Waals surface area contributed by atoms with E-state index in [2.05, 4.69) is 16.4 Å². The second-order valence-electron chi connectivity index (χ2n) is 5.62. The predicted octanol–water partition coefficient (Wildman–Crippen LogP) is 3.26. The van der Waals surface area contributed by atoms with Gasteiger partial charge in [0.1, 0.15) is 0 Å². The number of hydrogen-bond donors (Lipinski definition) is 0. The Balaban J connectivity index is 1.63. The molecule has 2 heterocycles. The highest BCUT2D eigenvalue weighted by Gasteiger charge is 2.30. The summed E-state index contributed by atoms with van der Waals surface area (Å²) < 4.78 is 2.63. The lowest BCUT2D eigenvalue weighted by molar-refractivity contribution is -0.530. The number of amidine groups is 1. The fraction of sp³-hybridized carbons (Fsp3) is 0.933. The molecule has 2 rings (SSSR count). The summed E-state index contributed by atoms with van der Waals surface area (Å²) in [6.45, 7) is 7.57. The van der Waals surface area contributed by atoms with Crippen molar-refractivity contribution < 1.29 is 4.58 Å². The molecule has 0 bridgehead atoms. The Morgan fingerprint density at radius 1 is 1.00 bits per heavy atom. The Bertz CT molecular complexity index is 258. The van der Waals surface area contributed by atoms with E-state index in [-0.39, 0.29) is 0 Å². The van der Waals surface area contributed by atoms with Crippen LogP contribution < -0.4 is 0 Å². The molecule has 98 valence electrons. The zero-order valence-corrected chi connectivity index (χ0v) is 11.6. The molecule has 2 aliphatic heterocycles. The van der Waals surface area contributed by atoms with E-state index in [1.54, 1.807) is 5.84 Å². The highest BCUT2D eigenvalue weighted by molar-refractivity contribution is 5.78. The van der Waals surface area contributed by atoms with Gasteiger partial charge in [0.15, 0.2) is 0 Å². The molecule has 0 unspecified atom stereocenters. The first-order valence-electron chi connectivity index (χ1n) is 7.77. The van der Waals surface area contributed by atoms with Gasteiger partial charge in [-0.1, -0.05) is 32.6 Å². The highest BCUT2D eigenvalue weighted by atomic mass is 15.3. The molecule has 0 atom stereocenters. The van der Waals surface area contributed by atoms with Gasteiger partial charge < -0.3 is 0 Å². The summed E-state index contributed by atoms with van der Waals surface area (Å²) in [5.41, 5.74) is 0. The number of hydrogen-bond acceptors (Lipinski definition) is 1. The first kappa shape index (κ1) is 12.9. The summed E-state index contributed by atoms with van der Waals surface area (Å²) in [5.74, 6) is 1.67. The number of unbranched alkanes of at least 4 members (excludes halogenated alkanes) is 5. The Hall–Kier alpha value is -0.530. The van der Waals surface area contributed by atoms with Gasteiger partial charge in [0, 0.05) is 6.42 Å². The van der Waals surface area contributed by atoms with E-state index in [0.29, 0.717) is 0 Å². The van der Waals surface area contributed by atoms with E-state index in [1.165, 1.54) is 84.0 Å². The Morgan fingerprint density at radius 2 is 1.76 bits per heavy atom. The zero-order chi connectivity index (χ0) is 11.9. The van der Waals surface area contributed by atoms with Crippen molar-refractivity contribution in [2.75, 3.05) is 26.2 Å². The van der Waals surface area contributed by atoms with Crippen LogP contribution >= 0.6 is 0 Å². The van der Waals surface area contributed by atoms with Crippen LogP contribution in [0.25, 0.3) is 0 Å². The van der Waals surface area contributed by atoms with Crippen LogP contribution in [-0.4, -0.2) is 41.5 Å². The van der Waals surface area contributed by atoms with Crippen LogP contribution in [0.3, 0.4) is 0 Å². The fourth-order valence-electron chi connectivity index (χ4n) is 3.22. The van der Waals surface area contributed by atoms with Crippen molar-refractivity contribution in [3.8, 4) is 0 Å². The minimum atomic E-state index is 1.32. The minimum absolute atomic E-state index is 1.32. The number of rotatable bonds is 7. The average Bonchev–Trinajstić information content (AvgIpc) is 2.82. The first-order chi connectivity index (χ1) is 8.42. The maximum Gasteiger partial charge on any atom is 0.246 e. The van der Waals surface area contributed by atoms with Gasteiger partial charge in [0.05, 0.1) is 32.6 Å². The van der Waals surface area contributed by atoms with Crippen molar-refractivity contribution in [1.82, 2.24) is 4.90 Å². The molecule has 0 saturated carbocycles. The second-order valence-corrected chi connectivity index (χ2v) is 5.62. The summed E-state index contributed by atoms with van der Waals surface area (Å²) >= 11 is 0. The standard InChI is InChI=1S/C15H29N2/c1-2-3-4-5-6-7-11-16-13-9-14-17-12-8-10-15(16)17/h2-14H2,1H3/q+1. The summed E-state index contributed by atoms with van der Waals surface area (Å²) in [4.78, 5) is 2.68. The largest absolute Gasteiger partial charge is 0.266 e. The van der Waals surface area contributed by atoms with E-state index >= 15 is 0 Å². The molecule has 0 spiro atoms. The molecule has 0 fully saturated rings. The fourth-order valence-corrected chi connectivity index (χ4v) is 3.22. The summed E-state index contributed by atoms with van der Waals surface area (Å²) in [6.07, 6.45) is 12.6. The molecular formula is C15H29N2+. The Kier molecular flexibility index (Phi) is 5.34. The van der Waals surface area contributed by atoms with Gasteiger partial charge in [-0.2, -0.15) is 0 Å². The van der Waals surface area contributed by atoms with E-state index in [4.69, 9.17) is 0 Å². The summed E-state index contributed by atoms with van der Waals surface area (Å²) in [5, 5.41) is 0. The molecule has 0 amide bonds. The van der Waals surface area contributed by atoms with Gasteiger partial charge in [-0.3, -0.25) is 9.48 Å². The SMILES string of the molecule is CCCCCCCCN1CCC[N+]2=C1CCC2. The zero-order valence-electron chi connectivity index (χ0n) is 11.6. The lowest BCUT2D eigenvalue weighted by Gasteiger charge is -2.23. The van der Waals surface area contributed by atoms with E-state index in [9.17, 15) is 0 Å². The molecule has 0 aromatic rings. The van der Waals surface area contributed by atoms with Crippen LogP contribution in [0.15, 0.2) is 0 Å². The molecule has 0 radical (unpaired) electrons. The van der Waals surface area contributed by atoms with Crippen molar-refractivity contribution in [1.29, 1.82) is 0 Å². The van der Waals surface area contributed by atoms with E-state index in [0.717, 1.165) is 0 Å². The van der Waals surface area contributed by atoms with Crippen molar-refractivity contribution in [2.45, 2.75) is 64.7 Å². The second kappa shape index (κ2) is 7.03. The molecule has 0 N–H and O–H groups in total. The maximum absolute atomic E-state index is 2.68. The van der Waals surface area contributed by atoms with Crippen LogP contribution in [0, 0.1) is 0 Å². The van der Waals surface area contributed by atoms with Gasteiger partial charge in [0.2, 0.25) is 5.84 Å². The molecule has 2 heteroatoms. The van der Waals surface area contributed by atoms with E-state index < -0.39 is 0 Å². The smallest absolute Gasteiger partial charge is 0.246 e. The van der Waals surface area contributed by atoms with Gasteiger partial charge in [-0.15, -0.1) is 0 Å². The lowest BCUT2D eigenvalue weighted by atomic mass is 10.1. The quantitative estimate of drug-likeness (QED) is 0.486. The number of nitrogens with zero attached hydrogens (tertiary/aromatic N) is 2. The van der Waals surface area contributed by atoms with Gasteiger partial charge in [-0.25, -0.2) is 0 Å². The molecule has 0 saturated heterocycles. The predicted molar refractivity (Wildman–Crippen MR) is 73.8 cm³/mol. The average molecular weight is 237 g/mol. The minimum Gasteiger partial charge on any atom is -0.266 e. The topological polar surface area (TPSA) is 6.25 Å². The van der Waals surface area contributed by atoms with Crippen LogP contribution in [-0.2, 0) is 0 Å². The van der Waals surface area contributed by atoms with Crippen LogP contribution in [0.4, 0.5) is 0 Å². The molecule has 0 aliphatic carbocycles. The molecule has 2 nitrogen and oxygen atoms in total. The third-order valence-electron chi connectivity index (χ3n) is 4.20.